The number of imidazole rings is 1. The molecule has 5 rings (SSSR count). The van der Waals surface area contributed by atoms with Gasteiger partial charge in [-0.3, -0.25) is 4.79 Å². The number of aliphatic hydroxyl groups excluding tert-OH is 1. The molecule has 0 spiro atoms. The van der Waals surface area contributed by atoms with E-state index in [9.17, 15) is 14.0 Å². The average Bonchev–Trinajstić information content (AvgIpc) is 3.22. The summed E-state index contributed by atoms with van der Waals surface area (Å²) in [6.07, 6.45) is -1.23. The van der Waals surface area contributed by atoms with Crippen molar-refractivity contribution in [3.8, 4) is 0 Å². The zero-order chi connectivity index (χ0) is 25.3. The fourth-order valence-electron chi connectivity index (χ4n) is 4.25. The summed E-state index contributed by atoms with van der Waals surface area (Å²) in [6, 6.07) is 9.82. The van der Waals surface area contributed by atoms with Gasteiger partial charge >= 0.3 is 5.97 Å². The minimum absolute atomic E-state index is 0.283. The fraction of sp³-hybridized carbons (Fsp3) is 0.375. The molecule has 3 atom stereocenters. The van der Waals surface area contributed by atoms with Crippen molar-refractivity contribution in [3.05, 3.63) is 53.6 Å². The number of anilines is 2. The molecule has 0 bridgehead atoms. The van der Waals surface area contributed by atoms with Gasteiger partial charge in [0, 0.05) is 43.1 Å². The Morgan fingerprint density at radius 2 is 1.91 bits per heavy atom. The molecule has 1 fully saturated rings. The number of halogens is 1. The number of aromatic nitrogens is 2. The number of carbonyl (C=O) groups is 2. The molecule has 35 heavy (non-hydrogen) atoms. The van der Waals surface area contributed by atoms with E-state index in [-0.39, 0.29) is 5.91 Å². The second-order valence-electron chi connectivity index (χ2n) is 8.82. The van der Waals surface area contributed by atoms with Crippen molar-refractivity contribution in [2.24, 2.45) is 5.73 Å². The van der Waals surface area contributed by atoms with Crippen LogP contribution in [0, 0.1) is 5.82 Å². The summed E-state index contributed by atoms with van der Waals surface area (Å²) >= 11 is 0. The zero-order valence-electron chi connectivity index (χ0n) is 19.5. The highest BCUT2D eigenvalue weighted by molar-refractivity contribution is 5.99. The Kier molecular flexibility index (Phi) is 7.01. The maximum Gasteiger partial charge on any atom is 0.332 e. The Hall–Kier alpha value is -3.54. The van der Waals surface area contributed by atoms with Gasteiger partial charge in [-0.25, -0.2) is 14.2 Å². The predicted octanol–water partition coefficient (Wildman–Crippen LogP) is 1.64. The molecular formula is C24H29FN6O4. The second-order valence-corrected chi connectivity index (χ2v) is 8.82. The van der Waals surface area contributed by atoms with Crippen LogP contribution in [0.3, 0.4) is 0 Å². The van der Waals surface area contributed by atoms with Gasteiger partial charge in [-0.05, 0) is 44.3 Å². The van der Waals surface area contributed by atoms with Crippen molar-refractivity contribution in [2.45, 2.75) is 25.0 Å². The number of nitrogens with one attached hydrogen (secondary N) is 2. The van der Waals surface area contributed by atoms with Gasteiger partial charge in [-0.1, -0.05) is 6.07 Å². The Balaban J connectivity index is 0.000000431. The lowest BCUT2D eigenvalue weighted by molar-refractivity contribution is -0.145. The highest BCUT2D eigenvalue weighted by Crippen LogP contribution is 2.39. The maximum absolute atomic E-state index is 14.4. The van der Waals surface area contributed by atoms with Crippen LogP contribution in [0.5, 0.6) is 0 Å². The van der Waals surface area contributed by atoms with E-state index in [2.05, 4.69) is 38.2 Å². The normalized spacial score (nSPS) is 21.1. The second kappa shape index (κ2) is 9.98. The molecule has 0 radical (unpaired) electrons. The number of amides is 1. The Labute approximate surface area is 201 Å². The molecule has 2 aliphatic heterocycles. The summed E-state index contributed by atoms with van der Waals surface area (Å²) < 4.78 is 14.4. The monoisotopic (exact) mass is 484 g/mol. The number of fused-ring (bicyclic) bond motifs is 2. The van der Waals surface area contributed by atoms with E-state index in [0.29, 0.717) is 17.1 Å². The Bertz CT molecular complexity index is 1240. The number of rotatable bonds is 3. The number of aliphatic hydroxyl groups is 1. The van der Waals surface area contributed by atoms with Crippen LogP contribution in [0.2, 0.25) is 0 Å². The minimum Gasteiger partial charge on any atom is -0.479 e. The van der Waals surface area contributed by atoms with Gasteiger partial charge in [0.2, 0.25) is 5.91 Å². The first-order chi connectivity index (χ1) is 16.7. The topological polar surface area (TPSA) is 148 Å². The van der Waals surface area contributed by atoms with Crippen molar-refractivity contribution in [1.29, 1.82) is 0 Å². The Morgan fingerprint density at radius 3 is 2.57 bits per heavy atom. The number of hydrogen-bond acceptors (Lipinski definition) is 7. The third kappa shape index (κ3) is 5.11. The standard InChI is InChI=1S/C21H23FN6O.C3H6O3/c1-27-7-9-28(10-8-27)12-5-6-14-16(11-12)25-20(24-14)18-19(23)17-13(22)3-2-4-15(17)26-21(18)29;1-2(4)3(5)6/h2-6,11,18-19H,7-10,23H2,1H3,(H,24,25)(H,26,29);2,4H,1H3,(H,5,6). The zero-order valence-corrected chi connectivity index (χ0v) is 19.5. The molecule has 11 heteroatoms. The van der Waals surface area contributed by atoms with Crippen LogP contribution in [0.25, 0.3) is 11.0 Å². The lowest BCUT2D eigenvalue weighted by Gasteiger charge is -2.34. The number of hydrogen-bond donors (Lipinski definition) is 5. The first kappa shape index (κ1) is 24.6. The first-order valence-electron chi connectivity index (χ1n) is 11.3. The van der Waals surface area contributed by atoms with Crippen LogP contribution in [-0.4, -0.2) is 76.3 Å². The first-order valence-corrected chi connectivity index (χ1v) is 11.3. The van der Waals surface area contributed by atoms with Gasteiger partial charge in [-0.2, -0.15) is 0 Å². The fourth-order valence-corrected chi connectivity index (χ4v) is 4.25. The third-order valence-corrected chi connectivity index (χ3v) is 6.29. The molecule has 1 aromatic heterocycles. The number of aliphatic carboxylic acids is 1. The van der Waals surface area contributed by atoms with E-state index < -0.39 is 29.9 Å². The number of H-pyrrole nitrogens is 1. The number of nitrogens with zero attached hydrogens (tertiary/aromatic N) is 3. The smallest absolute Gasteiger partial charge is 0.332 e. The number of piperazine rings is 1. The number of likely N-dealkylation sites (N-methyl/N-ethyl adjacent to an activating group) is 1. The summed E-state index contributed by atoms with van der Waals surface area (Å²) in [6.45, 7) is 5.18. The van der Waals surface area contributed by atoms with Gasteiger partial charge in [0.1, 0.15) is 23.7 Å². The summed E-state index contributed by atoms with van der Waals surface area (Å²) in [4.78, 5) is 34.7. The molecule has 1 saturated heterocycles. The van der Waals surface area contributed by atoms with Crippen molar-refractivity contribution in [3.63, 3.8) is 0 Å². The number of carboxylic acids is 1. The molecule has 0 aliphatic carbocycles. The molecule has 3 unspecified atom stereocenters. The van der Waals surface area contributed by atoms with Gasteiger partial charge in [0.05, 0.1) is 17.1 Å². The summed E-state index contributed by atoms with van der Waals surface area (Å²) in [5.41, 5.74) is 9.79. The van der Waals surface area contributed by atoms with Crippen molar-refractivity contribution in [2.75, 3.05) is 43.4 Å². The number of carbonyl (C=O) groups excluding carboxylic acids is 1. The van der Waals surface area contributed by atoms with E-state index in [4.69, 9.17) is 15.9 Å². The lowest BCUT2D eigenvalue weighted by Crippen LogP contribution is -2.44. The predicted molar refractivity (Wildman–Crippen MR) is 130 cm³/mol. The van der Waals surface area contributed by atoms with Gasteiger partial charge in [0.15, 0.2) is 0 Å². The molecule has 0 saturated carbocycles. The summed E-state index contributed by atoms with van der Waals surface area (Å²) in [5.74, 6) is -2.22. The average molecular weight is 485 g/mol. The number of aromatic amines is 1. The van der Waals surface area contributed by atoms with Crippen LogP contribution in [0.4, 0.5) is 15.8 Å². The van der Waals surface area contributed by atoms with E-state index in [1.165, 1.54) is 13.0 Å². The summed E-state index contributed by atoms with van der Waals surface area (Å²) in [7, 11) is 2.13. The van der Waals surface area contributed by atoms with Crippen LogP contribution in [-0.2, 0) is 9.59 Å². The molecule has 186 valence electrons. The van der Waals surface area contributed by atoms with E-state index >= 15 is 0 Å². The molecule has 2 aliphatic rings. The third-order valence-electron chi connectivity index (χ3n) is 6.29. The van der Waals surface area contributed by atoms with Crippen molar-refractivity contribution < 1.29 is 24.2 Å². The van der Waals surface area contributed by atoms with Crippen LogP contribution in [0.1, 0.15) is 30.3 Å². The number of nitrogens with two attached hydrogens (primary N) is 1. The molecular weight excluding hydrogens is 455 g/mol. The maximum atomic E-state index is 14.4. The minimum atomic E-state index is -1.23. The van der Waals surface area contributed by atoms with Gasteiger partial charge < -0.3 is 36.0 Å². The number of benzene rings is 2. The summed E-state index contributed by atoms with van der Waals surface area (Å²) in [5, 5.41) is 18.5. The molecule has 1 amide bonds. The van der Waals surface area contributed by atoms with Crippen molar-refractivity contribution in [1.82, 2.24) is 14.9 Å². The lowest BCUT2D eigenvalue weighted by atomic mass is 9.87. The highest BCUT2D eigenvalue weighted by atomic mass is 19.1. The van der Waals surface area contributed by atoms with Gasteiger partial charge in [0.25, 0.3) is 0 Å². The molecule has 10 nitrogen and oxygen atoms in total. The van der Waals surface area contributed by atoms with Gasteiger partial charge in [-0.15, -0.1) is 0 Å². The molecule has 6 N–H and O–H groups in total. The number of carboxylic acid groups (broad SMARTS) is 1. The van der Waals surface area contributed by atoms with E-state index in [1.807, 2.05) is 12.1 Å². The highest BCUT2D eigenvalue weighted by Gasteiger charge is 2.38. The SMILES string of the molecule is CC(O)C(=O)O.CN1CCN(c2ccc3nc(C4C(=O)Nc5cccc(F)c5C4N)[nH]c3c2)CC1. The van der Waals surface area contributed by atoms with E-state index in [0.717, 1.165) is 42.9 Å². The quantitative estimate of drug-likeness (QED) is 0.377. The van der Waals surface area contributed by atoms with Crippen molar-refractivity contribution >= 4 is 34.3 Å². The Morgan fingerprint density at radius 1 is 1.23 bits per heavy atom. The van der Waals surface area contributed by atoms with Crippen LogP contribution >= 0.6 is 0 Å². The van der Waals surface area contributed by atoms with Crippen LogP contribution in [0.15, 0.2) is 36.4 Å². The largest absolute Gasteiger partial charge is 0.479 e. The molecule has 3 heterocycles. The molecule has 3 aromatic rings. The van der Waals surface area contributed by atoms with Crippen LogP contribution < -0.4 is 16.0 Å². The molecule has 2 aromatic carbocycles. The van der Waals surface area contributed by atoms with E-state index in [1.54, 1.807) is 12.1 Å².